The van der Waals surface area contributed by atoms with Crippen molar-refractivity contribution in [2.45, 2.75) is 0 Å². The van der Waals surface area contributed by atoms with Crippen molar-refractivity contribution in [2.24, 2.45) is 5.10 Å². The number of hydrogen-bond donors (Lipinski definition) is 1. The Hall–Kier alpha value is -4.29. The van der Waals surface area contributed by atoms with Crippen LogP contribution in [0.1, 0.15) is 5.56 Å². The van der Waals surface area contributed by atoms with Crippen molar-refractivity contribution in [3.8, 4) is 28.1 Å². The molecule has 1 amide bonds. The fraction of sp³-hybridized carbons (Fsp3) is 0.0333. The van der Waals surface area contributed by atoms with Crippen LogP contribution in [0.5, 0.6) is 5.75 Å². The Morgan fingerprint density at radius 1 is 0.861 bits per heavy atom. The summed E-state index contributed by atoms with van der Waals surface area (Å²) in [5.41, 5.74) is 8.36. The van der Waals surface area contributed by atoms with Crippen LogP contribution in [0, 0.1) is 0 Å². The van der Waals surface area contributed by atoms with Gasteiger partial charge in [-0.05, 0) is 65.2 Å². The minimum absolute atomic E-state index is 0.132. The number of nitrogens with zero attached hydrogens (tertiary/aromatic N) is 2. The van der Waals surface area contributed by atoms with Gasteiger partial charge in [0.15, 0.2) is 6.61 Å². The molecule has 0 saturated carbocycles. The number of hydrogen-bond acceptors (Lipinski definition) is 4. The zero-order valence-corrected chi connectivity index (χ0v) is 20.9. The third kappa shape index (κ3) is 5.67. The molecule has 5 nitrogen and oxygen atoms in total. The van der Waals surface area contributed by atoms with Gasteiger partial charge in [-0.15, -0.1) is 0 Å². The minimum Gasteiger partial charge on any atom is -0.484 e. The van der Waals surface area contributed by atoms with E-state index in [1.54, 1.807) is 6.21 Å². The molecule has 0 aliphatic carbocycles. The third-order valence-electron chi connectivity index (χ3n) is 5.58. The second kappa shape index (κ2) is 11.0. The molecular formula is C30H22BrN3O2. The molecule has 5 rings (SSSR count). The lowest BCUT2D eigenvalue weighted by Crippen LogP contribution is -2.24. The first-order valence-corrected chi connectivity index (χ1v) is 12.2. The van der Waals surface area contributed by atoms with Crippen LogP contribution in [0.3, 0.4) is 0 Å². The van der Waals surface area contributed by atoms with Gasteiger partial charge >= 0.3 is 0 Å². The van der Waals surface area contributed by atoms with Gasteiger partial charge in [0.1, 0.15) is 5.75 Å². The number of ether oxygens (including phenoxy) is 1. The Bertz CT molecular complexity index is 1520. The number of hydrazone groups is 1. The largest absolute Gasteiger partial charge is 0.484 e. The van der Waals surface area contributed by atoms with E-state index in [9.17, 15) is 4.79 Å². The molecule has 0 aliphatic heterocycles. The highest BCUT2D eigenvalue weighted by Crippen LogP contribution is 2.34. The Kier molecular flexibility index (Phi) is 7.15. The first-order chi connectivity index (χ1) is 17.7. The quantitative estimate of drug-likeness (QED) is 0.183. The van der Waals surface area contributed by atoms with Crippen molar-refractivity contribution in [3.63, 3.8) is 0 Å². The van der Waals surface area contributed by atoms with Crippen molar-refractivity contribution in [2.75, 3.05) is 6.61 Å². The number of carbonyl (C=O) groups is 1. The molecule has 36 heavy (non-hydrogen) atoms. The third-order valence-corrected chi connectivity index (χ3v) is 6.07. The molecule has 0 bridgehead atoms. The van der Waals surface area contributed by atoms with Gasteiger partial charge in [0.2, 0.25) is 0 Å². The van der Waals surface area contributed by atoms with Crippen molar-refractivity contribution >= 4 is 39.0 Å². The second-order valence-electron chi connectivity index (χ2n) is 8.10. The normalized spacial score (nSPS) is 11.0. The molecule has 0 aliphatic rings. The van der Waals surface area contributed by atoms with Gasteiger partial charge in [-0.3, -0.25) is 4.79 Å². The van der Waals surface area contributed by atoms with Crippen LogP contribution in [0.25, 0.3) is 33.3 Å². The molecule has 0 unspecified atom stereocenters. The Balaban J connectivity index is 1.30. The molecule has 0 fully saturated rings. The van der Waals surface area contributed by atoms with Gasteiger partial charge in [0, 0.05) is 15.4 Å². The SMILES string of the molecule is O=C(COc1ccc(-c2cc(-c3ccccc3)c3cc(Br)ccc3n2)cc1)N/N=C/c1ccccc1. The topological polar surface area (TPSA) is 63.6 Å². The molecule has 1 aromatic heterocycles. The Morgan fingerprint density at radius 2 is 1.58 bits per heavy atom. The molecule has 0 spiro atoms. The van der Waals surface area contributed by atoms with E-state index >= 15 is 0 Å². The Morgan fingerprint density at radius 3 is 2.33 bits per heavy atom. The maximum absolute atomic E-state index is 12.1. The lowest BCUT2D eigenvalue weighted by molar-refractivity contribution is -0.123. The molecule has 176 valence electrons. The number of aromatic nitrogens is 1. The number of amides is 1. The molecular weight excluding hydrogens is 514 g/mol. The smallest absolute Gasteiger partial charge is 0.277 e. The molecule has 4 aromatic carbocycles. The first kappa shape index (κ1) is 23.5. The molecule has 0 radical (unpaired) electrons. The van der Waals surface area contributed by atoms with Crippen molar-refractivity contribution < 1.29 is 9.53 Å². The van der Waals surface area contributed by atoms with Crippen LogP contribution < -0.4 is 10.2 Å². The zero-order chi connectivity index (χ0) is 24.7. The van der Waals surface area contributed by atoms with E-state index in [1.807, 2.05) is 84.9 Å². The molecule has 5 aromatic rings. The summed E-state index contributed by atoms with van der Waals surface area (Å²) in [6.45, 7) is -0.132. The number of carbonyl (C=O) groups excluding carboxylic acids is 1. The summed E-state index contributed by atoms with van der Waals surface area (Å²) in [5.74, 6) is 0.259. The van der Waals surface area contributed by atoms with Crippen LogP contribution in [0.2, 0.25) is 0 Å². The first-order valence-electron chi connectivity index (χ1n) is 11.4. The minimum atomic E-state index is -0.332. The monoisotopic (exact) mass is 535 g/mol. The molecule has 1 N–H and O–H groups in total. The van der Waals surface area contributed by atoms with E-state index in [4.69, 9.17) is 9.72 Å². The summed E-state index contributed by atoms with van der Waals surface area (Å²) in [5, 5.41) is 5.04. The van der Waals surface area contributed by atoms with Gasteiger partial charge in [-0.2, -0.15) is 5.10 Å². The summed E-state index contributed by atoms with van der Waals surface area (Å²) in [6, 6.07) is 35.6. The number of nitrogens with one attached hydrogen (secondary N) is 1. The zero-order valence-electron chi connectivity index (χ0n) is 19.3. The highest BCUT2D eigenvalue weighted by molar-refractivity contribution is 9.10. The molecule has 0 saturated heterocycles. The van der Waals surface area contributed by atoms with Crippen LogP contribution in [-0.2, 0) is 4.79 Å². The maximum Gasteiger partial charge on any atom is 0.277 e. The fourth-order valence-electron chi connectivity index (χ4n) is 3.82. The van der Waals surface area contributed by atoms with E-state index in [0.29, 0.717) is 5.75 Å². The van der Waals surface area contributed by atoms with Crippen LogP contribution >= 0.6 is 15.9 Å². The number of pyridine rings is 1. The molecule has 6 heteroatoms. The summed E-state index contributed by atoms with van der Waals surface area (Å²) >= 11 is 3.58. The number of benzene rings is 4. The Labute approximate surface area is 217 Å². The van der Waals surface area contributed by atoms with E-state index < -0.39 is 0 Å². The summed E-state index contributed by atoms with van der Waals surface area (Å²) in [7, 11) is 0. The van der Waals surface area contributed by atoms with E-state index in [1.165, 1.54) is 0 Å². The molecule has 0 atom stereocenters. The number of fused-ring (bicyclic) bond motifs is 1. The summed E-state index contributed by atoms with van der Waals surface area (Å²) < 4.78 is 6.64. The molecule has 1 heterocycles. The average molecular weight is 536 g/mol. The lowest BCUT2D eigenvalue weighted by atomic mass is 9.98. The van der Waals surface area contributed by atoms with Gasteiger partial charge in [0.25, 0.3) is 5.91 Å². The standard InChI is InChI=1S/C30H22BrN3O2/c31-24-13-16-28-27(17-24)26(22-9-5-2-6-10-22)18-29(33-28)23-11-14-25(15-12-23)36-20-30(35)34-32-19-21-7-3-1-4-8-21/h1-19H,20H2,(H,34,35)/b32-19+. The van der Waals surface area contributed by atoms with Crippen LogP contribution in [-0.4, -0.2) is 23.7 Å². The predicted molar refractivity (Wildman–Crippen MR) is 148 cm³/mol. The van der Waals surface area contributed by atoms with Gasteiger partial charge in [0.05, 0.1) is 17.4 Å². The average Bonchev–Trinajstić information content (AvgIpc) is 2.93. The van der Waals surface area contributed by atoms with Crippen molar-refractivity contribution in [1.82, 2.24) is 10.4 Å². The van der Waals surface area contributed by atoms with E-state index in [0.717, 1.165) is 43.3 Å². The number of rotatable bonds is 7. The van der Waals surface area contributed by atoms with Crippen LogP contribution in [0.4, 0.5) is 0 Å². The predicted octanol–water partition coefficient (Wildman–Crippen LogP) is 6.86. The highest BCUT2D eigenvalue weighted by atomic mass is 79.9. The van der Waals surface area contributed by atoms with Gasteiger partial charge in [-0.1, -0.05) is 76.6 Å². The lowest BCUT2D eigenvalue weighted by Gasteiger charge is -2.11. The van der Waals surface area contributed by atoms with Gasteiger partial charge < -0.3 is 4.74 Å². The van der Waals surface area contributed by atoms with E-state index in [-0.39, 0.29) is 12.5 Å². The summed E-state index contributed by atoms with van der Waals surface area (Å²) in [4.78, 5) is 16.9. The maximum atomic E-state index is 12.1. The van der Waals surface area contributed by atoms with Crippen molar-refractivity contribution in [3.05, 3.63) is 119 Å². The fourth-order valence-corrected chi connectivity index (χ4v) is 4.18. The van der Waals surface area contributed by atoms with E-state index in [2.05, 4.69) is 50.7 Å². The second-order valence-corrected chi connectivity index (χ2v) is 9.02. The highest BCUT2D eigenvalue weighted by Gasteiger charge is 2.11. The number of halogens is 1. The van der Waals surface area contributed by atoms with Gasteiger partial charge in [-0.25, -0.2) is 10.4 Å². The summed E-state index contributed by atoms with van der Waals surface area (Å²) in [6.07, 6.45) is 1.59. The van der Waals surface area contributed by atoms with Crippen molar-refractivity contribution in [1.29, 1.82) is 0 Å². The van der Waals surface area contributed by atoms with Crippen LogP contribution in [0.15, 0.2) is 119 Å².